The number of aromatic nitrogens is 1. The van der Waals surface area contributed by atoms with Crippen LogP contribution in [0.4, 0.5) is 5.13 Å². The molecular weight excluding hydrogens is 809 g/mol. The molecule has 60 heavy (non-hydrogen) atoms. The third-order valence-electron chi connectivity index (χ3n) is 10.9. The fourth-order valence-electron chi connectivity index (χ4n) is 7.47. The van der Waals surface area contributed by atoms with Crippen LogP contribution >= 0.6 is 11.3 Å². The Balaban J connectivity index is 1.32. The summed E-state index contributed by atoms with van der Waals surface area (Å²) in [7, 11) is -3.09. The Morgan fingerprint density at radius 3 is 2.52 bits per heavy atom. The highest BCUT2D eigenvalue weighted by Gasteiger charge is 2.62. The Morgan fingerprint density at radius 2 is 1.80 bits per heavy atom. The summed E-state index contributed by atoms with van der Waals surface area (Å²) >= 11 is 1.24. The lowest BCUT2D eigenvalue weighted by molar-refractivity contribution is -0.137. The van der Waals surface area contributed by atoms with E-state index in [2.05, 4.69) is 42.9 Å². The van der Waals surface area contributed by atoms with Crippen molar-refractivity contribution in [1.82, 2.24) is 35.3 Å². The van der Waals surface area contributed by atoms with Crippen molar-refractivity contribution in [3.05, 3.63) is 83.4 Å². The first-order valence-electron chi connectivity index (χ1n) is 20.1. The van der Waals surface area contributed by atoms with Gasteiger partial charge in [-0.1, -0.05) is 36.8 Å². The molecule has 0 bridgehead atoms. The van der Waals surface area contributed by atoms with Crippen LogP contribution in [0.5, 0.6) is 11.5 Å². The van der Waals surface area contributed by atoms with E-state index in [0.717, 1.165) is 15.4 Å². The minimum atomic E-state index is -4.37. The Kier molecular flexibility index (Phi) is 13.3. The summed E-state index contributed by atoms with van der Waals surface area (Å²) in [6.07, 6.45) is 3.42. The molecule has 18 heteroatoms. The summed E-state index contributed by atoms with van der Waals surface area (Å²) in [6.45, 7) is 9.36. The first-order chi connectivity index (χ1) is 28.4. The van der Waals surface area contributed by atoms with Gasteiger partial charge in [0.05, 0.1) is 12.1 Å². The van der Waals surface area contributed by atoms with Crippen LogP contribution in [0.3, 0.4) is 0 Å². The topological polar surface area (TPSA) is 217 Å². The molecule has 16 nitrogen and oxygen atoms in total. The van der Waals surface area contributed by atoms with Crippen molar-refractivity contribution in [1.29, 1.82) is 0 Å². The van der Waals surface area contributed by atoms with E-state index in [9.17, 15) is 32.4 Å². The van der Waals surface area contributed by atoms with Gasteiger partial charge in [0.15, 0.2) is 5.13 Å². The zero-order valence-electron chi connectivity index (χ0n) is 34.4. The van der Waals surface area contributed by atoms with Crippen LogP contribution in [0.2, 0.25) is 0 Å². The quantitative estimate of drug-likeness (QED) is 0.191. The van der Waals surface area contributed by atoms with Crippen LogP contribution in [0.1, 0.15) is 76.1 Å². The molecule has 1 aromatic heterocycles. The summed E-state index contributed by atoms with van der Waals surface area (Å²) in [5, 5.41) is 17.0. The Hall–Kier alpha value is -5.33. The molecule has 2 fully saturated rings. The van der Waals surface area contributed by atoms with E-state index < -0.39 is 56.5 Å². The van der Waals surface area contributed by atoms with E-state index >= 15 is 0 Å². The molecule has 2 spiro atoms. The van der Waals surface area contributed by atoms with E-state index in [-0.39, 0.29) is 63.4 Å². The number of para-hydroxylation sites is 1. The maximum absolute atomic E-state index is 14.8. The Morgan fingerprint density at radius 1 is 1.03 bits per heavy atom. The molecule has 5 amide bonds. The molecule has 1 saturated carbocycles. The van der Waals surface area contributed by atoms with Crippen LogP contribution in [0, 0.1) is 5.92 Å². The third kappa shape index (κ3) is 10.9. The normalized spacial score (nSPS) is 25.5. The highest BCUT2D eigenvalue weighted by Crippen LogP contribution is 2.46. The van der Waals surface area contributed by atoms with Gasteiger partial charge in [0.25, 0.3) is 5.91 Å². The molecule has 2 unspecified atom stereocenters. The second-order valence-corrected chi connectivity index (χ2v) is 19.4. The number of carbonyl (C=O) groups is 5. The smallest absolute Gasteiger partial charge is 0.303 e. The number of fused-ring (bicyclic) bond motifs is 1. The van der Waals surface area contributed by atoms with Crippen LogP contribution in [0.25, 0.3) is 0 Å². The number of rotatable bonds is 7. The molecule has 4 atom stereocenters. The highest BCUT2D eigenvalue weighted by molar-refractivity contribution is 7.87. The van der Waals surface area contributed by atoms with Crippen LogP contribution < -0.4 is 36.0 Å². The van der Waals surface area contributed by atoms with Gasteiger partial charge in [0, 0.05) is 49.8 Å². The van der Waals surface area contributed by atoms with Gasteiger partial charge in [0.2, 0.25) is 23.6 Å². The monoisotopic (exact) mass is 862 g/mol. The number of ether oxygens (including phenoxy) is 1. The number of nitrogens with one attached hydrogen (secondary N) is 6. The summed E-state index contributed by atoms with van der Waals surface area (Å²) in [5.74, 6) is -1.92. The second kappa shape index (κ2) is 18.1. The predicted molar refractivity (Wildman–Crippen MR) is 227 cm³/mol. The first kappa shape index (κ1) is 44.2. The lowest BCUT2D eigenvalue weighted by Gasteiger charge is -2.39. The van der Waals surface area contributed by atoms with Crippen molar-refractivity contribution in [2.75, 3.05) is 25.5 Å². The lowest BCUT2D eigenvalue weighted by atomic mass is 9.76. The molecule has 3 aromatic rings. The Bertz CT molecular complexity index is 2230. The van der Waals surface area contributed by atoms with Crippen LogP contribution in [-0.2, 0) is 53.4 Å². The van der Waals surface area contributed by atoms with Crippen molar-refractivity contribution in [3.63, 3.8) is 0 Å². The first-order valence-corrected chi connectivity index (χ1v) is 22.4. The van der Waals surface area contributed by atoms with E-state index in [1.54, 1.807) is 11.4 Å². The van der Waals surface area contributed by atoms with Crippen molar-refractivity contribution in [3.8, 4) is 11.5 Å². The zero-order chi connectivity index (χ0) is 43.3. The van der Waals surface area contributed by atoms with Gasteiger partial charge >= 0.3 is 10.2 Å². The van der Waals surface area contributed by atoms with Gasteiger partial charge in [-0.3, -0.25) is 24.0 Å². The fraction of sp³-hybridized carbons (Fsp3) is 0.476. The van der Waals surface area contributed by atoms with E-state index in [1.807, 2.05) is 63.2 Å². The molecule has 2 aliphatic carbocycles. The van der Waals surface area contributed by atoms with Crippen molar-refractivity contribution < 1.29 is 37.1 Å². The molecule has 1 saturated heterocycles. The summed E-state index contributed by atoms with van der Waals surface area (Å²) in [4.78, 5) is 73.3. The van der Waals surface area contributed by atoms with Gasteiger partial charge in [-0.2, -0.15) is 12.7 Å². The number of thiazole rings is 1. The summed E-state index contributed by atoms with van der Waals surface area (Å²) in [6, 6.07) is 14.0. The number of hydrogen-bond donors (Lipinski definition) is 6. The van der Waals surface area contributed by atoms with Gasteiger partial charge in [-0.05, 0) is 88.3 Å². The van der Waals surface area contributed by atoms with E-state index in [1.165, 1.54) is 24.5 Å². The molecule has 3 aliphatic rings. The van der Waals surface area contributed by atoms with Crippen LogP contribution in [-0.4, -0.2) is 90.0 Å². The van der Waals surface area contributed by atoms with Crippen LogP contribution in [0.15, 0.2) is 66.6 Å². The maximum Gasteiger partial charge on any atom is 0.303 e. The number of carbonyl (C=O) groups excluding carboxylic acids is 5. The standard InChI is InChI=1S/C42H54N8O8S2/c1-6-29-25-42(29)38(55)49-60(56,57)50(5)21-20-43-34(51)15-11-10-14-33(45-39-44-30(26-59-39)23-35(52)46-40(2,3)4)36(53)47-41(37(54)48-42)19-18-27-22-32(17-16-28(27)24-41)58-31-12-8-7-9-13-31/h6-9,12-13,16-17,22,26,29,33H,1,10-11,14-15,18-21,23-25H2,2-5H3,(H,43,51)(H,44,45)(H,46,52)(H,47,53)(H,48,54)(H,49,55)/t29-,33?,41?,42+/m1/s1. The predicted octanol–water partition coefficient (Wildman–Crippen LogP) is 3.26. The lowest BCUT2D eigenvalue weighted by Crippen LogP contribution is -2.66. The SMILES string of the molecule is C=C[C@@H]1C[C@]12NC(=O)C1(CCc3cc(Oc4ccccc4)ccc3C1)NC(=O)C(Nc1nc(CC(=O)NC(C)(C)C)cs1)CCCCC(=O)NCCN(C)S(=O)(=O)NC2=O. The van der Waals surface area contributed by atoms with Gasteiger partial charge in [-0.15, -0.1) is 17.9 Å². The fourth-order valence-corrected chi connectivity index (χ4v) is 9.14. The molecule has 322 valence electrons. The molecule has 6 rings (SSSR count). The number of likely N-dealkylation sites (N-methyl/N-ethyl adjacent to an activating group) is 1. The summed E-state index contributed by atoms with van der Waals surface area (Å²) in [5.41, 5.74) is -1.43. The van der Waals surface area contributed by atoms with E-state index in [4.69, 9.17) is 4.74 Å². The number of amides is 5. The molecular formula is C42H54N8O8S2. The molecule has 1 aliphatic heterocycles. The molecule has 2 heterocycles. The number of anilines is 1. The summed E-state index contributed by atoms with van der Waals surface area (Å²) < 4.78 is 35.7. The number of benzene rings is 2. The third-order valence-corrected chi connectivity index (χ3v) is 13.1. The zero-order valence-corrected chi connectivity index (χ0v) is 36.0. The van der Waals surface area contributed by atoms with Crippen molar-refractivity contribution in [2.45, 2.75) is 101 Å². The van der Waals surface area contributed by atoms with Gasteiger partial charge in [-0.25, -0.2) is 9.71 Å². The minimum absolute atomic E-state index is 0.00178. The van der Waals surface area contributed by atoms with Crippen molar-refractivity contribution >= 4 is 56.2 Å². The van der Waals surface area contributed by atoms with E-state index in [0.29, 0.717) is 41.6 Å². The average molecular weight is 863 g/mol. The maximum atomic E-state index is 14.8. The molecule has 6 N–H and O–H groups in total. The average Bonchev–Trinajstić information content (AvgIpc) is 3.74. The molecule has 0 radical (unpaired) electrons. The van der Waals surface area contributed by atoms with Crippen molar-refractivity contribution in [2.24, 2.45) is 5.92 Å². The highest BCUT2D eigenvalue weighted by atomic mass is 32.2. The van der Waals surface area contributed by atoms with Gasteiger partial charge < -0.3 is 31.3 Å². The largest absolute Gasteiger partial charge is 0.457 e. The minimum Gasteiger partial charge on any atom is -0.457 e. The number of nitrogens with zero attached hydrogens (tertiary/aromatic N) is 2. The Labute approximate surface area is 354 Å². The second-order valence-electron chi connectivity index (χ2n) is 16.7. The van der Waals surface area contributed by atoms with Gasteiger partial charge in [0.1, 0.15) is 28.6 Å². The number of aryl methyl sites for hydroxylation is 1. The molecule has 2 aromatic carbocycles. The number of hydrogen-bond acceptors (Lipinski definition) is 11.